The Labute approximate surface area is 257 Å². The first kappa shape index (κ1) is 33.8. The second-order valence-electron chi connectivity index (χ2n) is 11.3. The predicted octanol–water partition coefficient (Wildman–Crippen LogP) is 4.97. The topological polar surface area (TPSA) is 127 Å². The molecule has 0 fully saturated rings. The second-order valence-corrected chi connectivity index (χ2v) is 13.4. The van der Waals surface area contributed by atoms with Gasteiger partial charge in [-0.15, -0.1) is 11.8 Å². The first-order chi connectivity index (χ1) is 20.1. The summed E-state index contributed by atoms with van der Waals surface area (Å²) < 4.78 is 5.78. The number of unbranched alkanes of at least 4 members (excludes halogenated alkanes) is 4. The smallest absolute Gasteiger partial charge is 0.329 e. The number of fused-ring (bicyclic) bond motifs is 4. The summed E-state index contributed by atoms with van der Waals surface area (Å²) >= 11 is 2.78. The van der Waals surface area contributed by atoms with Crippen molar-refractivity contribution in [2.24, 2.45) is 10.9 Å². The summed E-state index contributed by atoms with van der Waals surface area (Å²) in [5.41, 5.74) is 0.452. The summed E-state index contributed by atoms with van der Waals surface area (Å²) in [5.74, 6) is -0.442. The van der Waals surface area contributed by atoms with Gasteiger partial charge >= 0.3 is 5.97 Å². The van der Waals surface area contributed by atoms with E-state index in [2.05, 4.69) is 22.5 Å². The molecule has 1 aromatic rings. The van der Waals surface area contributed by atoms with Crippen LogP contribution in [0.15, 0.2) is 35.5 Å². The van der Waals surface area contributed by atoms with Crippen molar-refractivity contribution in [3.05, 3.63) is 41.7 Å². The van der Waals surface area contributed by atoms with Gasteiger partial charge in [0.05, 0.1) is 23.7 Å². The Morgan fingerprint density at radius 2 is 2.02 bits per heavy atom. The molecule has 3 heterocycles. The molecule has 3 rings (SSSR count). The monoisotopic (exact) mass is 616 g/mol. The van der Waals surface area contributed by atoms with Gasteiger partial charge in [0.25, 0.3) is 0 Å². The van der Waals surface area contributed by atoms with Crippen molar-refractivity contribution in [2.75, 3.05) is 11.5 Å². The number of aromatic nitrogens is 1. The summed E-state index contributed by atoms with van der Waals surface area (Å²) in [6, 6.07) is 2.79. The standard InChI is InChI=1S/C31H44N4O5S2/c1-5-6-7-8-9-13-26(37)41-16-11-10-12-24-18-25(36)33-19-23-17-22(14-15-32-23)28-35-31(4,20-42-28)30(39)34-27(21(2)3)29(38)40-24/h10,12,14-15,17,21,24,27H,5-9,11,13,16,18-20H2,1-4H3,(H,33,36)(H,34,39)/b12-10+/t24-,27?,31+/m1/s1. The van der Waals surface area contributed by atoms with Gasteiger partial charge in [-0.05, 0) is 43.9 Å². The molecule has 2 aliphatic heterocycles. The number of rotatable bonds is 11. The molecule has 2 N–H and O–H groups in total. The highest BCUT2D eigenvalue weighted by atomic mass is 32.2. The number of pyridine rings is 1. The first-order valence-electron chi connectivity index (χ1n) is 14.9. The third-order valence-corrected chi connectivity index (χ3v) is 9.37. The molecule has 2 amide bonds. The molecule has 0 spiro atoms. The number of hydrogen-bond acceptors (Lipinski definition) is 9. The van der Waals surface area contributed by atoms with Gasteiger partial charge in [0.2, 0.25) is 11.8 Å². The van der Waals surface area contributed by atoms with E-state index in [1.807, 2.05) is 32.1 Å². The van der Waals surface area contributed by atoms with Gasteiger partial charge in [-0.25, -0.2) is 4.79 Å². The molecular weight excluding hydrogens is 572 g/mol. The molecule has 230 valence electrons. The second kappa shape index (κ2) is 16.8. The van der Waals surface area contributed by atoms with E-state index in [1.165, 1.54) is 42.8 Å². The van der Waals surface area contributed by atoms with Crippen LogP contribution in [0.5, 0.6) is 0 Å². The third kappa shape index (κ3) is 10.6. The lowest BCUT2D eigenvalue weighted by Gasteiger charge is -2.27. The van der Waals surface area contributed by atoms with E-state index in [0.717, 1.165) is 23.4 Å². The minimum atomic E-state index is -1.04. The first-order valence-corrected chi connectivity index (χ1v) is 16.9. The number of thioether (sulfide) groups is 2. The van der Waals surface area contributed by atoms with Crippen LogP contribution in [-0.4, -0.2) is 62.1 Å². The van der Waals surface area contributed by atoms with E-state index < -0.39 is 23.7 Å². The molecule has 11 heteroatoms. The number of ether oxygens (including phenoxy) is 1. The van der Waals surface area contributed by atoms with Crippen molar-refractivity contribution < 1.29 is 23.9 Å². The molecule has 42 heavy (non-hydrogen) atoms. The minimum absolute atomic E-state index is 0.0786. The average Bonchev–Trinajstić information content (AvgIpc) is 3.37. The zero-order valence-corrected chi connectivity index (χ0v) is 26.8. The highest BCUT2D eigenvalue weighted by molar-refractivity contribution is 8.14. The Morgan fingerprint density at radius 1 is 1.24 bits per heavy atom. The van der Waals surface area contributed by atoms with Crippen LogP contribution in [0.4, 0.5) is 0 Å². The van der Waals surface area contributed by atoms with E-state index in [9.17, 15) is 19.2 Å². The molecular formula is C31H44N4O5S2. The summed E-state index contributed by atoms with van der Waals surface area (Å²) in [5, 5.41) is 6.63. The fourth-order valence-corrected chi connectivity index (χ4v) is 6.46. The molecule has 0 saturated heterocycles. The summed E-state index contributed by atoms with van der Waals surface area (Å²) in [4.78, 5) is 60.7. The van der Waals surface area contributed by atoms with Gasteiger partial charge in [0.1, 0.15) is 17.7 Å². The molecule has 4 bridgehead atoms. The van der Waals surface area contributed by atoms with Crippen LogP contribution in [-0.2, 0) is 30.5 Å². The maximum atomic E-state index is 13.4. The predicted molar refractivity (Wildman–Crippen MR) is 169 cm³/mol. The molecule has 1 aromatic heterocycles. The van der Waals surface area contributed by atoms with E-state index >= 15 is 0 Å². The molecule has 0 aliphatic carbocycles. The highest BCUT2D eigenvalue weighted by Gasteiger charge is 2.41. The summed E-state index contributed by atoms with van der Waals surface area (Å²) in [6.07, 6.45) is 11.0. The Balaban J connectivity index is 1.69. The lowest BCUT2D eigenvalue weighted by Crippen LogP contribution is -2.53. The third-order valence-electron chi connectivity index (χ3n) is 7.10. The van der Waals surface area contributed by atoms with E-state index in [4.69, 9.17) is 9.73 Å². The summed E-state index contributed by atoms with van der Waals surface area (Å²) in [6.45, 7) is 7.80. The van der Waals surface area contributed by atoms with Gasteiger partial charge in [-0.1, -0.05) is 64.3 Å². The van der Waals surface area contributed by atoms with E-state index in [1.54, 1.807) is 19.2 Å². The number of nitrogens with one attached hydrogen (secondary N) is 2. The minimum Gasteiger partial charge on any atom is -0.456 e. The quantitative estimate of drug-likeness (QED) is 0.203. The number of carbonyl (C=O) groups is 4. The fourth-order valence-electron chi connectivity index (χ4n) is 4.51. The largest absolute Gasteiger partial charge is 0.456 e. The lowest BCUT2D eigenvalue weighted by atomic mass is 10.00. The Kier molecular flexibility index (Phi) is 13.6. The Bertz CT molecular complexity index is 1170. The zero-order chi connectivity index (χ0) is 30.5. The van der Waals surface area contributed by atoms with E-state index in [0.29, 0.717) is 30.0 Å². The van der Waals surface area contributed by atoms with Gasteiger partial charge in [0.15, 0.2) is 5.12 Å². The van der Waals surface area contributed by atoms with Gasteiger partial charge in [-0.2, -0.15) is 0 Å². The van der Waals surface area contributed by atoms with Crippen molar-refractivity contribution in [3.63, 3.8) is 0 Å². The number of esters is 1. The van der Waals surface area contributed by atoms with Crippen molar-refractivity contribution >= 4 is 51.5 Å². The number of nitrogens with zero attached hydrogens (tertiary/aromatic N) is 2. The molecule has 9 nitrogen and oxygen atoms in total. The van der Waals surface area contributed by atoms with Crippen LogP contribution in [0.1, 0.15) is 90.3 Å². The van der Waals surface area contributed by atoms with Gasteiger partial charge in [-0.3, -0.25) is 24.4 Å². The van der Waals surface area contributed by atoms with Crippen LogP contribution < -0.4 is 10.6 Å². The van der Waals surface area contributed by atoms with Crippen LogP contribution in [0.25, 0.3) is 0 Å². The SMILES string of the molecule is CCCCCCCC(=O)SCC/C=C/[C@@H]1CC(=O)NCc2cc(ccn2)C2=N[C@@](C)(CS2)C(=O)NC(C(C)C)C(=O)O1. The maximum Gasteiger partial charge on any atom is 0.329 e. The zero-order valence-electron chi connectivity index (χ0n) is 25.1. The molecule has 2 aliphatic rings. The maximum absolute atomic E-state index is 13.4. The number of cyclic esters (lactones) is 1. The lowest BCUT2D eigenvalue weighted by molar-refractivity contribution is -0.153. The van der Waals surface area contributed by atoms with Crippen molar-refractivity contribution in [1.82, 2.24) is 15.6 Å². The van der Waals surface area contributed by atoms with Crippen LogP contribution in [0.2, 0.25) is 0 Å². The van der Waals surface area contributed by atoms with Crippen LogP contribution >= 0.6 is 23.5 Å². The van der Waals surface area contributed by atoms with Crippen molar-refractivity contribution in [3.8, 4) is 0 Å². The molecule has 0 aromatic carbocycles. The van der Waals surface area contributed by atoms with Gasteiger partial charge in [0, 0.05) is 29.7 Å². The summed E-state index contributed by atoms with van der Waals surface area (Å²) in [7, 11) is 0. The number of aliphatic imine (C=N–C) groups is 1. The Morgan fingerprint density at radius 3 is 2.79 bits per heavy atom. The number of hydrogen-bond donors (Lipinski definition) is 2. The molecule has 0 radical (unpaired) electrons. The fraction of sp³-hybridized carbons (Fsp3) is 0.613. The van der Waals surface area contributed by atoms with Gasteiger partial charge < -0.3 is 15.4 Å². The molecule has 3 atom stereocenters. The van der Waals surface area contributed by atoms with Crippen LogP contribution in [0, 0.1) is 5.92 Å². The normalized spacial score (nSPS) is 23.5. The number of allylic oxidation sites excluding steroid dienone is 1. The Hall–Kier alpha value is -2.66. The van der Waals surface area contributed by atoms with E-state index in [-0.39, 0.29) is 35.8 Å². The molecule has 1 unspecified atom stereocenters. The number of carbonyl (C=O) groups excluding carboxylic acids is 4. The average molecular weight is 617 g/mol. The number of amides is 2. The van der Waals surface area contributed by atoms with Crippen molar-refractivity contribution in [1.29, 1.82) is 0 Å². The van der Waals surface area contributed by atoms with Crippen LogP contribution in [0.3, 0.4) is 0 Å². The molecule has 0 saturated carbocycles. The van der Waals surface area contributed by atoms with Crippen molar-refractivity contribution in [2.45, 2.75) is 103 Å². The highest BCUT2D eigenvalue weighted by Crippen LogP contribution is 2.31.